The number of nitrogens with zero attached hydrogens (tertiary/aromatic N) is 2. The van der Waals surface area contributed by atoms with Crippen LogP contribution in [0.15, 0.2) is 10.8 Å². The zero-order valence-electron chi connectivity index (χ0n) is 12.1. The van der Waals surface area contributed by atoms with Gasteiger partial charge in [0, 0.05) is 6.54 Å². The molecule has 5 nitrogen and oxygen atoms in total. The van der Waals surface area contributed by atoms with Gasteiger partial charge >= 0.3 is 5.97 Å². The quantitative estimate of drug-likeness (QED) is 0.786. The number of hydrogen-bond acceptors (Lipinski definition) is 5. The van der Waals surface area contributed by atoms with Gasteiger partial charge in [0.05, 0.1) is 5.69 Å². The lowest BCUT2D eigenvalue weighted by molar-refractivity contribution is -0.160. The van der Waals surface area contributed by atoms with Crippen LogP contribution in [0.3, 0.4) is 0 Å². The third-order valence-corrected chi connectivity index (χ3v) is 3.24. The highest BCUT2D eigenvalue weighted by Crippen LogP contribution is 2.23. The molecule has 0 unspecified atom stereocenters. The van der Waals surface area contributed by atoms with Crippen molar-refractivity contribution < 1.29 is 13.9 Å². The lowest BCUT2D eigenvalue weighted by atomic mass is 10.1. The Balaban J connectivity index is 2.01. The van der Waals surface area contributed by atoms with Crippen LogP contribution in [0.1, 0.15) is 45.1 Å². The Morgan fingerprint density at radius 3 is 2.89 bits per heavy atom. The Morgan fingerprint density at radius 2 is 2.32 bits per heavy atom. The van der Waals surface area contributed by atoms with Crippen molar-refractivity contribution in [3.05, 3.63) is 17.8 Å². The first kappa shape index (κ1) is 14.1. The van der Waals surface area contributed by atoms with Crippen LogP contribution in [0, 0.1) is 6.92 Å². The van der Waals surface area contributed by atoms with Gasteiger partial charge in [0.15, 0.2) is 6.39 Å². The number of likely N-dealkylation sites (tertiary alicyclic amines) is 1. The van der Waals surface area contributed by atoms with E-state index in [0.29, 0.717) is 6.54 Å². The second-order valence-corrected chi connectivity index (χ2v) is 6.02. The summed E-state index contributed by atoms with van der Waals surface area (Å²) in [6, 6.07) is -0.157. The molecule has 2 heterocycles. The highest BCUT2D eigenvalue weighted by Gasteiger charge is 2.34. The molecule has 1 aliphatic heterocycles. The normalized spacial score (nSPS) is 20.7. The van der Waals surface area contributed by atoms with Crippen LogP contribution in [0.2, 0.25) is 0 Å². The highest BCUT2D eigenvalue weighted by molar-refractivity contribution is 5.76. The zero-order valence-corrected chi connectivity index (χ0v) is 12.1. The molecule has 0 radical (unpaired) electrons. The van der Waals surface area contributed by atoms with Crippen LogP contribution in [0.5, 0.6) is 0 Å². The van der Waals surface area contributed by atoms with E-state index in [2.05, 4.69) is 9.88 Å². The van der Waals surface area contributed by atoms with Gasteiger partial charge in [0.1, 0.15) is 17.4 Å². The molecule has 5 heteroatoms. The molecule has 1 aromatic heterocycles. The Kier molecular flexibility index (Phi) is 3.94. The van der Waals surface area contributed by atoms with Crippen molar-refractivity contribution in [2.24, 2.45) is 0 Å². The monoisotopic (exact) mass is 266 g/mol. The van der Waals surface area contributed by atoms with Crippen LogP contribution in [-0.4, -0.2) is 34.0 Å². The zero-order chi connectivity index (χ0) is 14.0. The van der Waals surface area contributed by atoms with Gasteiger partial charge in [0.2, 0.25) is 0 Å². The van der Waals surface area contributed by atoms with Gasteiger partial charge in [-0.05, 0) is 47.1 Å². The summed E-state index contributed by atoms with van der Waals surface area (Å²) in [6.45, 7) is 9.12. The molecule has 0 amide bonds. The number of ether oxygens (including phenoxy) is 1. The van der Waals surface area contributed by atoms with Gasteiger partial charge in [-0.15, -0.1) is 0 Å². The van der Waals surface area contributed by atoms with Crippen molar-refractivity contribution in [3.63, 3.8) is 0 Å². The Hall–Kier alpha value is -1.36. The molecule has 1 fully saturated rings. The molecule has 0 aliphatic carbocycles. The predicted octanol–water partition coefficient (Wildman–Crippen LogP) is 2.29. The first-order valence-electron chi connectivity index (χ1n) is 6.73. The summed E-state index contributed by atoms with van der Waals surface area (Å²) in [6.07, 6.45) is 3.32. The molecular formula is C14H22N2O3. The summed E-state index contributed by atoms with van der Waals surface area (Å²) in [5.74, 6) is 0.681. The fourth-order valence-corrected chi connectivity index (χ4v) is 2.32. The van der Waals surface area contributed by atoms with E-state index in [4.69, 9.17) is 9.15 Å². The van der Waals surface area contributed by atoms with Crippen molar-refractivity contribution in [2.75, 3.05) is 6.54 Å². The minimum absolute atomic E-state index is 0.133. The molecule has 1 aliphatic rings. The first-order chi connectivity index (χ1) is 8.87. The van der Waals surface area contributed by atoms with E-state index in [9.17, 15) is 4.79 Å². The number of esters is 1. The molecule has 1 saturated heterocycles. The molecule has 1 atom stereocenters. The Bertz CT molecular complexity index is 448. The second-order valence-electron chi connectivity index (χ2n) is 6.02. The minimum Gasteiger partial charge on any atom is -0.459 e. The fourth-order valence-electron chi connectivity index (χ4n) is 2.32. The minimum atomic E-state index is -0.435. The predicted molar refractivity (Wildman–Crippen MR) is 70.5 cm³/mol. The molecule has 106 valence electrons. The molecular weight excluding hydrogens is 244 g/mol. The van der Waals surface area contributed by atoms with E-state index in [1.807, 2.05) is 27.7 Å². The standard InChI is InChI=1S/C14H22N2O3/c1-10-11(15-9-18-10)8-16-7-5-6-12(16)13(17)19-14(2,3)4/h9,12H,5-8H2,1-4H3/t12-/m0/s1. The van der Waals surface area contributed by atoms with Crippen molar-refractivity contribution >= 4 is 5.97 Å². The Morgan fingerprint density at radius 1 is 1.58 bits per heavy atom. The smallest absolute Gasteiger partial charge is 0.323 e. The molecule has 0 aromatic carbocycles. The number of rotatable bonds is 3. The van der Waals surface area contributed by atoms with Crippen LogP contribution >= 0.6 is 0 Å². The van der Waals surface area contributed by atoms with E-state index in [1.165, 1.54) is 6.39 Å². The lowest BCUT2D eigenvalue weighted by Crippen LogP contribution is -2.40. The number of carbonyl (C=O) groups excluding carboxylic acids is 1. The van der Waals surface area contributed by atoms with Crippen molar-refractivity contribution in [3.8, 4) is 0 Å². The maximum Gasteiger partial charge on any atom is 0.323 e. The summed E-state index contributed by atoms with van der Waals surface area (Å²) in [5, 5.41) is 0. The topological polar surface area (TPSA) is 55.6 Å². The van der Waals surface area contributed by atoms with Gasteiger partial charge in [-0.25, -0.2) is 4.98 Å². The average molecular weight is 266 g/mol. The van der Waals surface area contributed by atoms with E-state index in [0.717, 1.165) is 30.8 Å². The van der Waals surface area contributed by atoms with E-state index >= 15 is 0 Å². The summed E-state index contributed by atoms with van der Waals surface area (Å²) < 4.78 is 10.7. The van der Waals surface area contributed by atoms with Crippen LogP contribution in [0.4, 0.5) is 0 Å². The van der Waals surface area contributed by atoms with Gasteiger partial charge in [-0.3, -0.25) is 9.69 Å². The van der Waals surface area contributed by atoms with Gasteiger partial charge in [0.25, 0.3) is 0 Å². The summed E-state index contributed by atoms with van der Waals surface area (Å²) in [5.41, 5.74) is 0.463. The third kappa shape index (κ3) is 3.56. The van der Waals surface area contributed by atoms with Crippen molar-refractivity contribution in [2.45, 2.75) is 58.7 Å². The van der Waals surface area contributed by atoms with E-state index in [1.54, 1.807) is 0 Å². The van der Waals surface area contributed by atoms with Crippen molar-refractivity contribution in [1.29, 1.82) is 0 Å². The molecule has 2 rings (SSSR count). The van der Waals surface area contributed by atoms with Gasteiger partial charge < -0.3 is 9.15 Å². The number of aryl methyl sites for hydroxylation is 1. The van der Waals surface area contributed by atoms with Crippen molar-refractivity contribution in [1.82, 2.24) is 9.88 Å². The number of oxazole rings is 1. The Labute approximate surface area is 113 Å². The van der Waals surface area contributed by atoms with E-state index in [-0.39, 0.29) is 12.0 Å². The largest absolute Gasteiger partial charge is 0.459 e. The number of hydrogen-bond donors (Lipinski definition) is 0. The van der Waals surface area contributed by atoms with Crippen LogP contribution in [-0.2, 0) is 16.1 Å². The summed E-state index contributed by atoms with van der Waals surface area (Å²) in [7, 11) is 0. The molecule has 19 heavy (non-hydrogen) atoms. The fraction of sp³-hybridized carbons (Fsp3) is 0.714. The number of aromatic nitrogens is 1. The summed E-state index contributed by atoms with van der Waals surface area (Å²) in [4.78, 5) is 18.5. The SMILES string of the molecule is Cc1ocnc1CN1CCC[C@H]1C(=O)OC(C)(C)C. The maximum absolute atomic E-state index is 12.2. The van der Waals surface area contributed by atoms with Crippen LogP contribution < -0.4 is 0 Å². The van der Waals surface area contributed by atoms with Crippen LogP contribution in [0.25, 0.3) is 0 Å². The molecule has 0 saturated carbocycles. The molecule has 0 bridgehead atoms. The lowest BCUT2D eigenvalue weighted by Gasteiger charge is -2.26. The maximum atomic E-state index is 12.2. The van der Waals surface area contributed by atoms with E-state index < -0.39 is 5.60 Å². The molecule has 1 aromatic rings. The molecule has 0 spiro atoms. The third-order valence-electron chi connectivity index (χ3n) is 3.24. The second kappa shape index (κ2) is 5.33. The summed E-state index contributed by atoms with van der Waals surface area (Å²) >= 11 is 0. The first-order valence-corrected chi connectivity index (χ1v) is 6.73. The average Bonchev–Trinajstić information content (AvgIpc) is 2.87. The highest BCUT2D eigenvalue weighted by atomic mass is 16.6. The van der Waals surface area contributed by atoms with Gasteiger partial charge in [-0.1, -0.05) is 0 Å². The number of carbonyl (C=O) groups is 1. The van der Waals surface area contributed by atoms with Gasteiger partial charge in [-0.2, -0.15) is 0 Å². The molecule has 0 N–H and O–H groups in total.